The number of carbonyl (C=O) groups excluding carboxylic acids is 1. The van der Waals surface area contributed by atoms with Gasteiger partial charge in [-0.15, -0.1) is 0 Å². The molecule has 15 heavy (non-hydrogen) atoms. The average Bonchev–Trinajstić information content (AvgIpc) is 2.30. The van der Waals surface area contributed by atoms with Crippen LogP contribution >= 0.6 is 11.6 Å². The van der Waals surface area contributed by atoms with E-state index in [1.165, 1.54) is 6.20 Å². The highest BCUT2D eigenvalue weighted by atomic mass is 35.5. The van der Waals surface area contributed by atoms with E-state index in [1.54, 1.807) is 24.4 Å². The molecule has 1 aromatic heterocycles. The van der Waals surface area contributed by atoms with Gasteiger partial charge in [-0.25, -0.2) is 0 Å². The average molecular weight is 218 g/mol. The quantitative estimate of drug-likeness (QED) is 0.724. The molecule has 0 aliphatic rings. The molecule has 0 amide bonds. The molecule has 2 aromatic rings. The van der Waals surface area contributed by atoms with E-state index in [4.69, 9.17) is 11.6 Å². The molecule has 0 saturated carbocycles. The van der Waals surface area contributed by atoms with E-state index in [9.17, 15) is 4.79 Å². The number of benzene rings is 1. The lowest BCUT2D eigenvalue weighted by Gasteiger charge is -2.01. The summed E-state index contributed by atoms with van der Waals surface area (Å²) in [5.41, 5.74) is 1.05. The fourth-order valence-electron chi connectivity index (χ4n) is 1.29. The first kappa shape index (κ1) is 9.87. The van der Waals surface area contributed by atoms with Gasteiger partial charge in [-0.05, 0) is 6.07 Å². The van der Waals surface area contributed by atoms with Crippen molar-refractivity contribution in [1.29, 1.82) is 0 Å². The van der Waals surface area contributed by atoms with Crippen LogP contribution in [-0.4, -0.2) is 10.8 Å². The van der Waals surface area contributed by atoms with Crippen LogP contribution in [0.4, 0.5) is 0 Å². The van der Waals surface area contributed by atoms with Crippen LogP contribution in [0.1, 0.15) is 15.9 Å². The van der Waals surface area contributed by atoms with Gasteiger partial charge in [0.05, 0.1) is 10.6 Å². The standard InChI is InChI=1S/C12H8ClNO/c13-11-6-7-14-8-10(11)12(15)9-4-2-1-3-5-9/h1-8H. The van der Waals surface area contributed by atoms with Crippen molar-refractivity contribution in [2.24, 2.45) is 0 Å². The monoisotopic (exact) mass is 217 g/mol. The lowest BCUT2D eigenvalue weighted by molar-refractivity contribution is 0.103. The summed E-state index contributed by atoms with van der Waals surface area (Å²) in [4.78, 5) is 15.8. The number of nitrogens with zero attached hydrogens (tertiary/aromatic N) is 1. The Balaban J connectivity index is 2.42. The zero-order valence-corrected chi connectivity index (χ0v) is 8.61. The Morgan fingerprint density at radius 1 is 1.13 bits per heavy atom. The largest absolute Gasteiger partial charge is 0.288 e. The topological polar surface area (TPSA) is 30.0 Å². The number of carbonyl (C=O) groups is 1. The van der Waals surface area contributed by atoms with Crippen LogP contribution in [0.5, 0.6) is 0 Å². The predicted octanol–water partition coefficient (Wildman–Crippen LogP) is 2.97. The van der Waals surface area contributed by atoms with Gasteiger partial charge in [0, 0.05) is 18.0 Å². The molecule has 0 bridgehead atoms. The van der Waals surface area contributed by atoms with Crippen LogP contribution < -0.4 is 0 Å². The number of hydrogen-bond acceptors (Lipinski definition) is 2. The summed E-state index contributed by atoms with van der Waals surface area (Å²) in [5.74, 6) is -0.103. The molecule has 2 nitrogen and oxygen atoms in total. The molecule has 0 atom stereocenters. The van der Waals surface area contributed by atoms with Gasteiger partial charge >= 0.3 is 0 Å². The van der Waals surface area contributed by atoms with Crippen molar-refractivity contribution in [3.63, 3.8) is 0 Å². The molecule has 0 radical (unpaired) electrons. The second-order valence-electron chi connectivity index (χ2n) is 3.05. The van der Waals surface area contributed by atoms with E-state index in [0.717, 1.165) is 0 Å². The number of halogens is 1. The summed E-state index contributed by atoms with van der Waals surface area (Å²) in [6.45, 7) is 0. The summed E-state index contributed by atoms with van der Waals surface area (Å²) in [5, 5.41) is 0.429. The minimum atomic E-state index is -0.103. The van der Waals surface area contributed by atoms with Gasteiger partial charge in [-0.1, -0.05) is 41.9 Å². The summed E-state index contributed by atoms with van der Waals surface area (Å²) in [6.07, 6.45) is 3.04. The third kappa shape index (κ3) is 2.05. The molecule has 0 fully saturated rings. The third-order valence-corrected chi connectivity index (χ3v) is 2.38. The van der Waals surface area contributed by atoms with Crippen molar-refractivity contribution in [2.45, 2.75) is 0 Å². The second kappa shape index (κ2) is 4.24. The summed E-state index contributed by atoms with van der Waals surface area (Å²) < 4.78 is 0. The smallest absolute Gasteiger partial charge is 0.196 e. The normalized spacial score (nSPS) is 9.93. The first-order valence-corrected chi connectivity index (χ1v) is 4.86. The molecule has 0 unspecified atom stereocenters. The molecule has 0 spiro atoms. The van der Waals surface area contributed by atoms with Gasteiger partial charge in [0.1, 0.15) is 0 Å². The number of rotatable bonds is 2. The molecule has 74 valence electrons. The zero-order valence-electron chi connectivity index (χ0n) is 7.85. The Morgan fingerprint density at radius 3 is 2.53 bits per heavy atom. The first-order chi connectivity index (χ1) is 7.29. The van der Waals surface area contributed by atoms with E-state index in [0.29, 0.717) is 16.1 Å². The predicted molar refractivity (Wildman–Crippen MR) is 59.1 cm³/mol. The highest BCUT2D eigenvalue weighted by Crippen LogP contribution is 2.17. The number of hydrogen-bond donors (Lipinski definition) is 0. The Hall–Kier alpha value is -1.67. The minimum Gasteiger partial charge on any atom is -0.288 e. The van der Waals surface area contributed by atoms with Gasteiger partial charge in [0.25, 0.3) is 0 Å². The van der Waals surface area contributed by atoms with E-state index >= 15 is 0 Å². The molecular formula is C12H8ClNO. The fraction of sp³-hybridized carbons (Fsp3) is 0. The van der Waals surface area contributed by atoms with E-state index < -0.39 is 0 Å². The van der Waals surface area contributed by atoms with Gasteiger partial charge in [0.15, 0.2) is 5.78 Å². The number of aromatic nitrogens is 1. The van der Waals surface area contributed by atoms with Crippen LogP contribution in [0.15, 0.2) is 48.8 Å². The van der Waals surface area contributed by atoms with Crippen molar-refractivity contribution in [1.82, 2.24) is 4.98 Å². The van der Waals surface area contributed by atoms with E-state index in [-0.39, 0.29) is 5.78 Å². The first-order valence-electron chi connectivity index (χ1n) is 4.48. The Bertz CT molecular complexity index is 482. The molecule has 0 N–H and O–H groups in total. The van der Waals surface area contributed by atoms with Crippen LogP contribution in [0.25, 0.3) is 0 Å². The van der Waals surface area contributed by atoms with Crippen LogP contribution in [0.3, 0.4) is 0 Å². The van der Waals surface area contributed by atoms with Gasteiger partial charge in [-0.3, -0.25) is 9.78 Å². The SMILES string of the molecule is O=C(c1ccccc1)c1cnccc1Cl. The van der Waals surface area contributed by atoms with E-state index in [1.807, 2.05) is 18.2 Å². The number of pyridine rings is 1. The second-order valence-corrected chi connectivity index (χ2v) is 3.46. The van der Waals surface area contributed by atoms with Crippen molar-refractivity contribution in [2.75, 3.05) is 0 Å². The molecule has 3 heteroatoms. The molecule has 1 heterocycles. The maximum absolute atomic E-state index is 11.9. The number of ketones is 1. The van der Waals surface area contributed by atoms with Crippen molar-refractivity contribution in [3.05, 3.63) is 64.9 Å². The molecule has 0 saturated heterocycles. The highest BCUT2D eigenvalue weighted by molar-refractivity contribution is 6.34. The lowest BCUT2D eigenvalue weighted by atomic mass is 10.1. The summed E-state index contributed by atoms with van der Waals surface area (Å²) in [7, 11) is 0. The maximum atomic E-state index is 11.9. The van der Waals surface area contributed by atoms with Gasteiger partial charge in [0.2, 0.25) is 0 Å². The maximum Gasteiger partial charge on any atom is 0.196 e. The Kier molecular flexibility index (Phi) is 2.79. The van der Waals surface area contributed by atoms with Crippen LogP contribution in [-0.2, 0) is 0 Å². The Labute approximate surface area is 92.5 Å². The van der Waals surface area contributed by atoms with Crippen LogP contribution in [0.2, 0.25) is 5.02 Å². The van der Waals surface area contributed by atoms with Gasteiger partial charge in [-0.2, -0.15) is 0 Å². The third-order valence-electron chi connectivity index (χ3n) is 2.05. The molecule has 0 aliphatic heterocycles. The van der Waals surface area contributed by atoms with Crippen molar-refractivity contribution >= 4 is 17.4 Å². The minimum absolute atomic E-state index is 0.103. The van der Waals surface area contributed by atoms with Crippen molar-refractivity contribution < 1.29 is 4.79 Å². The van der Waals surface area contributed by atoms with Crippen molar-refractivity contribution in [3.8, 4) is 0 Å². The fourth-order valence-corrected chi connectivity index (χ4v) is 1.48. The molecule has 1 aromatic carbocycles. The summed E-state index contributed by atoms with van der Waals surface area (Å²) in [6, 6.07) is 10.6. The van der Waals surface area contributed by atoms with E-state index in [2.05, 4.69) is 4.98 Å². The zero-order chi connectivity index (χ0) is 10.7. The molecule has 0 aliphatic carbocycles. The van der Waals surface area contributed by atoms with Gasteiger partial charge < -0.3 is 0 Å². The summed E-state index contributed by atoms with van der Waals surface area (Å²) >= 11 is 5.91. The molecular weight excluding hydrogens is 210 g/mol. The highest BCUT2D eigenvalue weighted by Gasteiger charge is 2.11. The van der Waals surface area contributed by atoms with Crippen LogP contribution in [0, 0.1) is 0 Å². The molecule has 2 rings (SSSR count). The lowest BCUT2D eigenvalue weighted by Crippen LogP contribution is -2.02. The Morgan fingerprint density at radius 2 is 1.87 bits per heavy atom.